The van der Waals surface area contributed by atoms with Crippen molar-refractivity contribution in [3.05, 3.63) is 48.0 Å². The van der Waals surface area contributed by atoms with Crippen molar-refractivity contribution in [3.8, 4) is 0 Å². The summed E-state index contributed by atoms with van der Waals surface area (Å²) in [6, 6.07) is 14.6. The average Bonchev–Trinajstić information content (AvgIpc) is 2.55. The predicted octanol–water partition coefficient (Wildman–Crippen LogP) is 4.63. The summed E-state index contributed by atoms with van der Waals surface area (Å²) in [5.41, 5.74) is 14.1. The fourth-order valence-electron chi connectivity index (χ4n) is 2.59. The van der Waals surface area contributed by atoms with Gasteiger partial charge in [-0.15, -0.1) is 0 Å². The molecule has 5 heteroatoms. The van der Waals surface area contributed by atoms with Crippen molar-refractivity contribution in [2.75, 3.05) is 11.5 Å². The van der Waals surface area contributed by atoms with E-state index < -0.39 is 0 Å². The second kappa shape index (κ2) is 6.32. The van der Waals surface area contributed by atoms with E-state index in [2.05, 4.69) is 55.0 Å². The van der Waals surface area contributed by atoms with Crippen LogP contribution in [0.15, 0.2) is 52.3 Å². The SMILES string of the molecule is CCC(C)(C)c1ccc(Sc2cccc3nc(N)nc(N)c23)cc1. The second-order valence-corrected chi connectivity index (χ2v) is 7.60. The Morgan fingerprint density at radius 3 is 2.38 bits per heavy atom. The minimum atomic E-state index is 0.193. The zero-order valence-electron chi connectivity index (χ0n) is 14.2. The highest BCUT2D eigenvalue weighted by Crippen LogP contribution is 2.36. The Morgan fingerprint density at radius 1 is 1.00 bits per heavy atom. The third-order valence-electron chi connectivity index (χ3n) is 4.48. The number of rotatable bonds is 4. The summed E-state index contributed by atoms with van der Waals surface area (Å²) in [6.07, 6.45) is 1.11. The Balaban J connectivity index is 1.96. The van der Waals surface area contributed by atoms with Crippen LogP contribution in [-0.2, 0) is 5.41 Å². The van der Waals surface area contributed by atoms with Crippen LogP contribution in [-0.4, -0.2) is 9.97 Å². The van der Waals surface area contributed by atoms with E-state index in [0.717, 1.165) is 27.1 Å². The predicted molar refractivity (Wildman–Crippen MR) is 102 cm³/mol. The standard InChI is InChI=1S/C19H22N4S/c1-4-19(2,3)12-8-10-13(11-9-12)24-15-7-5-6-14-16(15)17(20)23-18(21)22-14/h5-11H,4H2,1-3H3,(H4,20,21,22,23). The summed E-state index contributed by atoms with van der Waals surface area (Å²) < 4.78 is 0. The highest BCUT2D eigenvalue weighted by Gasteiger charge is 2.17. The molecule has 0 aliphatic heterocycles. The first-order valence-corrected chi connectivity index (χ1v) is 8.82. The van der Waals surface area contributed by atoms with E-state index in [1.807, 2.05) is 18.2 Å². The molecule has 0 fully saturated rings. The van der Waals surface area contributed by atoms with Gasteiger partial charge in [0.1, 0.15) is 5.82 Å². The van der Waals surface area contributed by atoms with Crippen molar-refractivity contribution in [1.82, 2.24) is 9.97 Å². The molecule has 1 heterocycles. The van der Waals surface area contributed by atoms with Gasteiger partial charge in [-0.25, -0.2) is 4.98 Å². The van der Waals surface area contributed by atoms with Gasteiger partial charge in [0, 0.05) is 9.79 Å². The molecule has 24 heavy (non-hydrogen) atoms. The lowest BCUT2D eigenvalue weighted by atomic mass is 9.82. The van der Waals surface area contributed by atoms with Crippen LogP contribution in [0.3, 0.4) is 0 Å². The van der Waals surface area contributed by atoms with Crippen molar-refractivity contribution in [1.29, 1.82) is 0 Å². The van der Waals surface area contributed by atoms with Crippen molar-refractivity contribution in [2.45, 2.75) is 42.4 Å². The lowest BCUT2D eigenvalue weighted by Crippen LogP contribution is -2.14. The average molecular weight is 338 g/mol. The maximum atomic E-state index is 6.07. The largest absolute Gasteiger partial charge is 0.383 e. The number of nitrogens with two attached hydrogens (primary N) is 2. The van der Waals surface area contributed by atoms with E-state index in [0.29, 0.717) is 5.82 Å². The fraction of sp³-hybridized carbons (Fsp3) is 0.263. The van der Waals surface area contributed by atoms with Crippen LogP contribution in [0.1, 0.15) is 32.8 Å². The third kappa shape index (κ3) is 3.17. The number of nitrogen functional groups attached to an aromatic ring is 2. The van der Waals surface area contributed by atoms with E-state index in [1.54, 1.807) is 11.8 Å². The van der Waals surface area contributed by atoms with E-state index in [4.69, 9.17) is 11.5 Å². The quantitative estimate of drug-likeness (QED) is 0.725. The van der Waals surface area contributed by atoms with Gasteiger partial charge in [0.15, 0.2) is 0 Å². The molecule has 124 valence electrons. The van der Waals surface area contributed by atoms with Crippen LogP contribution in [0, 0.1) is 0 Å². The minimum absolute atomic E-state index is 0.193. The summed E-state index contributed by atoms with van der Waals surface area (Å²) in [6.45, 7) is 6.75. The lowest BCUT2D eigenvalue weighted by molar-refractivity contribution is 0.506. The number of hydrogen-bond donors (Lipinski definition) is 2. The van der Waals surface area contributed by atoms with Gasteiger partial charge in [-0.3, -0.25) is 0 Å². The molecule has 2 aromatic carbocycles. The monoisotopic (exact) mass is 338 g/mol. The molecule has 4 nitrogen and oxygen atoms in total. The molecule has 0 amide bonds. The molecule has 0 saturated heterocycles. The van der Waals surface area contributed by atoms with Gasteiger partial charge >= 0.3 is 0 Å². The normalized spacial score (nSPS) is 11.8. The molecule has 4 N–H and O–H groups in total. The van der Waals surface area contributed by atoms with Gasteiger partial charge in [-0.2, -0.15) is 4.98 Å². The van der Waals surface area contributed by atoms with E-state index in [9.17, 15) is 0 Å². The number of nitrogens with zero attached hydrogens (tertiary/aromatic N) is 2. The molecule has 0 spiro atoms. The highest BCUT2D eigenvalue weighted by molar-refractivity contribution is 7.99. The third-order valence-corrected chi connectivity index (χ3v) is 5.55. The molecule has 0 unspecified atom stereocenters. The zero-order valence-corrected chi connectivity index (χ0v) is 15.0. The van der Waals surface area contributed by atoms with Crippen LogP contribution in [0.5, 0.6) is 0 Å². The van der Waals surface area contributed by atoms with Crippen LogP contribution in [0.2, 0.25) is 0 Å². The first kappa shape index (κ1) is 16.6. The molecule has 0 bridgehead atoms. The van der Waals surface area contributed by atoms with E-state index >= 15 is 0 Å². The topological polar surface area (TPSA) is 77.8 Å². The fourth-order valence-corrected chi connectivity index (χ4v) is 3.57. The molecule has 0 saturated carbocycles. The van der Waals surface area contributed by atoms with Gasteiger partial charge in [0.2, 0.25) is 5.95 Å². The Bertz CT molecular complexity index is 872. The Morgan fingerprint density at radius 2 is 1.71 bits per heavy atom. The first-order chi connectivity index (χ1) is 11.4. The van der Waals surface area contributed by atoms with Gasteiger partial charge < -0.3 is 11.5 Å². The molecule has 0 aliphatic carbocycles. The molecule has 0 aliphatic rings. The van der Waals surface area contributed by atoms with Crippen LogP contribution in [0.4, 0.5) is 11.8 Å². The van der Waals surface area contributed by atoms with Gasteiger partial charge in [-0.05, 0) is 41.7 Å². The van der Waals surface area contributed by atoms with Gasteiger partial charge in [0.25, 0.3) is 0 Å². The maximum Gasteiger partial charge on any atom is 0.222 e. The van der Waals surface area contributed by atoms with Gasteiger partial charge in [0.05, 0.1) is 10.9 Å². The highest BCUT2D eigenvalue weighted by atomic mass is 32.2. The van der Waals surface area contributed by atoms with Crippen molar-refractivity contribution >= 4 is 34.4 Å². The van der Waals surface area contributed by atoms with E-state index in [1.165, 1.54) is 5.56 Å². The molecule has 0 radical (unpaired) electrons. The summed E-state index contributed by atoms with van der Waals surface area (Å²) in [5, 5.41) is 0.856. The maximum absolute atomic E-state index is 6.07. The molecule has 0 atom stereocenters. The second-order valence-electron chi connectivity index (χ2n) is 6.48. The summed E-state index contributed by atoms with van der Waals surface area (Å²) in [7, 11) is 0. The number of hydrogen-bond acceptors (Lipinski definition) is 5. The summed E-state index contributed by atoms with van der Waals surface area (Å²) >= 11 is 1.66. The number of fused-ring (bicyclic) bond motifs is 1. The molecular formula is C19H22N4S. The van der Waals surface area contributed by atoms with E-state index in [-0.39, 0.29) is 11.4 Å². The molecular weight excluding hydrogens is 316 g/mol. The van der Waals surface area contributed by atoms with Gasteiger partial charge in [-0.1, -0.05) is 50.7 Å². The van der Waals surface area contributed by atoms with Crippen LogP contribution in [0.25, 0.3) is 10.9 Å². The van der Waals surface area contributed by atoms with Crippen LogP contribution < -0.4 is 11.5 Å². The minimum Gasteiger partial charge on any atom is -0.383 e. The summed E-state index contributed by atoms with van der Waals surface area (Å²) in [5.74, 6) is 0.623. The van der Waals surface area contributed by atoms with Crippen molar-refractivity contribution in [3.63, 3.8) is 0 Å². The van der Waals surface area contributed by atoms with Crippen molar-refractivity contribution in [2.24, 2.45) is 0 Å². The number of anilines is 2. The Labute approximate surface area is 146 Å². The summed E-state index contributed by atoms with van der Waals surface area (Å²) in [4.78, 5) is 10.6. The molecule has 1 aromatic heterocycles. The van der Waals surface area contributed by atoms with Crippen LogP contribution >= 0.6 is 11.8 Å². The molecule has 3 aromatic rings. The Kier molecular flexibility index (Phi) is 4.37. The van der Waals surface area contributed by atoms with Crippen molar-refractivity contribution < 1.29 is 0 Å². The zero-order chi connectivity index (χ0) is 17.3. The number of benzene rings is 2. The Hall–Kier alpha value is -2.27. The lowest BCUT2D eigenvalue weighted by Gasteiger charge is -2.23. The smallest absolute Gasteiger partial charge is 0.222 e. The molecule has 3 rings (SSSR count). The number of aromatic nitrogens is 2. The first-order valence-electron chi connectivity index (χ1n) is 8.01.